The molecule has 4 amide bonds. The van der Waals surface area contributed by atoms with Crippen LogP contribution in [0.2, 0.25) is 0 Å². The Morgan fingerprint density at radius 2 is 1.75 bits per heavy atom. The van der Waals surface area contributed by atoms with Gasteiger partial charge < -0.3 is 29.5 Å². The number of benzene rings is 1. The van der Waals surface area contributed by atoms with E-state index in [-0.39, 0.29) is 37.0 Å². The van der Waals surface area contributed by atoms with Gasteiger partial charge >= 0.3 is 18.1 Å². The molecule has 0 aliphatic carbocycles. The zero-order valence-corrected chi connectivity index (χ0v) is 23.0. The first-order valence-electron chi connectivity index (χ1n) is 14.0. The molecule has 2 saturated heterocycles. The standard InChI is InChI=1S/C29H37N5O6/c1-2-39-27(36)20-30-14-5-6-22-9-15-32(16-10-22)26(35)21-40-29(38)33-17-12-24(13-18-33)34-19-11-23-7-3-4-8-25(23)31-28(34)37/h3-4,6-8,22,24H,2,9-13,15-21H2,1H3,(H,31,37). The summed E-state index contributed by atoms with van der Waals surface area (Å²) in [7, 11) is 0. The number of aliphatic imine (C=N–C) groups is 1. The molecule has 1 aromatic carbocycles. The summed E-state index contributed by atoms with van der Waals surface area (Å²) in [6.45, 7) is 4.40. The number of ether oxygens (including phenoxy) is 2. The lowest BCUT2D eigenvalue weighted by Crippen LogP contribution is -2.50. The van der Waals surface area contributed by atoms with Gasteiger partial charge in [-0.3, -0.25) is 9.59 Å². The number of likely N-dealkylation sites (tertiary alicyclic amines) is 2. The molecular formula is C29H37N5O6. The fraction of sp³-hybridized carbons (Fsp3) is 0.552. The van der Waals surface area contributed by atoms with Crippen molar-refractivity contribution in [2.24, 2.45) is 10.9 Å². The van der Waals surface area contributed by atoms with Gasteiger partial charge in [0.25, 0.3) is 5.91 Å². The first kappa shape index (κ1) is 28.9. The Bertz CT molecular complexity index is 1170. The Morgan fingerprint density at radius 3 is 2.50 bits per heavy atom. The van der Waals surface area contributed by atoms with E-state index in [0.717, 1.165) is 30.5 Å². The van der Waals surface area contributed by atoms with Gasteiger partial charge in [0.05, 0.1) is 6.61 Å². The van der Waals surface area contributed by atoms with E-state index in [1.165, 1.54) is 0 Å². The van der Waals surface area contributed by atoms with Crippen LogP contribution in [0.1, 0.15) is 38.2 Å². The molecular weight excluding hydrogens is 514 g/mol. The highest BCUT2D eigenvalue weighted by Gasteiger charge is 2.32. The van der Waals surface area contributed by atoms with Gasteiger partial charge in [-0.05, 0) is 62.7 Å². The number of carbonyl (C=O) groups excluding carboxylic acids is 4. The van der Waals surface area contributed by atoms with Crippen LogP contribution in [0.5, 0.6) is 0 Å². The molecule has 1 aromatic rings. The van der Waals surface area contributed by atoms with Crippen molar-refractivity contribution in [3.63, 3.8) is 0 Å². The lowest BCUT2D eigenvalue weighted by Gasteiger charge is -2.37. The second-order valence-corrected chi connectivity index (χ2v) is 10.1. The van der Waals surface area contributed by atoms with Gasteiger partial charge in [-0.25, -0.2) is 14.6 Å². The normalized spacial score (nSPS) is 17.9. The largest absolute Gasteiger partial charge is 0.465 e. The van der Waals surface area contributed by atoms with E-state index in [9.17, 15) is 19.2 Å². The van der Waals surface area contributed by atoms with Crippen LogP contribution in [-0.4, -0.2) is 103 Å². The lowest BCUT2D eigenvalue weighted by molar-refractivity contribution is -0.141. The Balaban J connectivity index is 1.14. The number of nitrogens with zero attached hydrogens (tertiary/aromatic N) is 4. The summed E-state index contributed by atoms with van der Waals surface area (Å²) in [5.41, 5.74) is 4.83. The first-order valence-corrected chi connectivity index (χ1v) is 14.0. The maximum atomic E-state index is 12.8. The summed E-state index contributed by atoms with van der Waals surface area (Å²) in [5, 5.41) is 3.00. The molecule has 0 bridgehead atoms. The fourth-order valence-corrected chi connectivity index (χ4v) is 5.23. The first-order chi connectivity index (χ1) is 19.4. The third-order valence-corrected chi connectivity index (χ3v) is 7.49. The second-order valence-electron chi connectivity index (χ2n) is 10.1. The minimum atomic E-state index is -0.496. The molecule has 0 saturated carbocycles. The number of fused-ring (bicyclic) bond motifs is 1. The number of carbonyl (C=O) groups is 4. The number of nitrogens with one attached hydrogen (secondary N) is 1. The summed E-state index contributed by atoms with van der Waals surface area (Å²) >= 11 is 0. The average Bonchev–Trinajstić information content (AvgIpc) is 3.14. The van der Waals surface area contributed by atoms with Gasteiger partial charge in [0.2, 0.25) is 0 Å². The van der Waals surface area contributed by atoms with E-state index in [4.69, 9.17) is 9.47 Å². The number of rotatable bonds is 7. The molecule has 4 rings (SSSR count). The van der Waals surface area contributed by atoms with Gasteiger partial charge in [0.15, 0.2) is 6.61 Å². The van der Waals surface area contributed by atoms with Gasteiger partial charge in [0, 0.05) is 50.3 Å². The van der Waals surface area contributed by atoms with E-state index < -0.39 is 12.1 Å². The van der Waals surface area contributed by atoms with Crippen molar-refractivity contribution in [1.82, 2.24) is 14.7 Å². The smallest absolute Gasteiger partial charge is 0.410 e. The fourth-order valence-electron chi connectivity index (χ4n) is 5.23. The van der Waals surface area contributed by atoms with Crippen molar-refractivity contribution in [2.45, 2.75) is 45.1 Å². The quantitative estimate of drug-likeness (QED) is 0.316. The average molecular weight is 552 g/mol. The van der Waals surface area contributed by atoms with Crippen LogP contribution < -0.4 is 5.32 Å². The monoisotopic (exact) mass is 551 g/mol. The molecule has 3 aliphatic heterocycles. The van der Waals surface area contributed by atoms with Crippen molar-refractivity contribution in [2.75, 3.05) is 57.8 Å². The number of piperidine rings is 2. The summed E-state index contributed by atoms with van der Waals surface area (Å²) < 4.78 is 10.1. The van der Waals surface area contributed by atoms with E-state index in [2.05, 4.69) is 21.9 Å². The van der Waals surface area contributed by atoms with Gasteiger partial charge in [0.1, 0.15) is 6.54 Å². The molecule has 11 nitrogen and oxygen atoms in total. The highest BCUT2D eigenvalue weighted by molar-refractivity contribution is 5.91. The number of anilines is 1. The molecule has 2 fully saturated rings. The van der Waals surface area contributed by atoms with E-state index in [0.29, 0.717) is 52.2 Å². The van der Waals surface area contributed by atoms with E-state index >= 15 is 0 Å². The zero-order chi connectivity index (χ0) is 28.3. The number of urea groups is 1. The molecule has 3 aliphatic rings. The second kappa shape index (κ2) is 14.4. The number of para-hydroxylation sites is 1. The van der Waals surface area contributed by atoms with Crippen LogP contribution in [0, 0.1) is 5.92 Å². The number of hydrogen-bond donors (Lipinski definition) is 1. The van der Waals surface area contributed by atoms with E-state index in [1.807, 2.05) is 35.2 Å². The number of hydrogen-bond acceptors (Lipinski definition) is 7. The molecule has 11 heteroatoms. The van der Waals surface area contributed by atoms with Crippen LogP contribution in [0.4, 0.5) is 15.3 Å². The molecule has 0 atom stereocenters. The van der Waals surface area contributed by atoms with Crippen molar-refractivity contribution in [1.29, 1.82) is 0 Å². The molecule has 3 heterocycles. The minimum absolute atomic E-state index is 0.0500. The molecule has 1 N–H and O–H groups in total. The molecule has 214 valence electrons. The third kappa shape index (κ3) is 7.97. The Kier molecular flexibility index (Phi) is 10.4. The summed E-state index contributed by atoms with van der Waals surface area (Å²) in [4.78, 5) is 58.3. The van der Waals surface area contributed by atoms with Crippen molar-refractivity contribution >= 4 is 35.6 Å². The van der Waals surface area contributed by atoms with Crippen molar-refractivity contribution in [3.8, 4) is 0 Å². The number of amides is 4. The lowest BCUT2D eigenvalue weighted by atomic mass is 9.97. The van der Waals surface area contributed by atoms with Crippen LogP contribution in [0.15, 0.2) is 41.1 Å². The maximum Gasteiger partial charge on any atom is 0.410 e. The highest BCUT2D eigenvalue weighted by Crippen LogP contribution is 2.25. The van der Waals surface area contributed by atoms with E-state index in [1.54, 1.807) is 16.7 Å². The maximum absolute atomic E-state index is 12.8. The van der Waals surface area contributed by atoms with Crippen LogP contribution in [0.25, 0.3) is 0 Å². The number of esters is 1. The molecule has 0 aromatic heterocycles. The SMILES string of the molecule is CCOC(=O)CN=C=C=CC1CCN(C(=O)COC(=O)N2CCC(N3CCc4ccccc4NC3=O)CC2)CC1. The predicted molar refractivity (Wildman–Crippen MR) is 148 cm³/mol. The molecule has 40 heavy (non-hydrogen) atoms. The van der Waals surface area contributed by atoms with Crippen molar-refractivity contribution in [3.05, 3.63) is 41.6 Å². The van der Waals surface area contributed by atoms with Gasteiger partial charge in [-0.1, -0.05) is 23.9 Å². The molecule has 0 unspecified atom stereocenters. The minimum Gasteiger partial charge on any atom is -0.465 e. The molecule has 0 radical (unpaired) electrons. The van der Waals surface area contributed by atoms with Crippen LogP contribution in [0.3, 0.4) is 0 Å². The predicted octanol–water partition coefficient (Wildman–Crippen LogP) is 2.86. The topological polar surface area (TPSA) is 121 Å². The van der Waals surface area contributed by atoms with Crippen LogP contribution >= 0.6 is 0 Å². The van der Waals surface area contributed by atoms with Gasteiger partial charge in [-0.2, -0.15) is 0 Å². The zero-order valence-electron chi connectivity index (χ0n) is 23.0. The summed E-state index contributed by atoms with van der Waals surface area (Å²) in [5.74, 6) is 2.23. The number of allylic oxidation sites excluding steroid dienone is 1. The summed E-state index contributed by atoms with van der Waals surface area (Å²) in [6.07, 6.45) is 4.99. The Labute approximate surface area is 234 Å². The summed E-state index contributed by atoms with van der Waals surface area (Å²) in [6, 6.07) is 7.78. The van der Waals surface area contributed by atoms with Crippen molar-refractivity contribution < 1.29 is 28.7 Å². The molecule has 0 spiro atoms. The Hall–Kier alpha value is -4.07. The third-order valence-electron chi connectivity index (χ3n) is 7.49. The Morgan fingerprint density at radius 1 is 1.02 bits per heavy atom. The van der Waals surface area contributed by atoms with Crippen LogP contribution in [-0.2, 0) is 25.5 Å². The van der Waals surface area contributed by atoms with Gasteiger partial charge in [-0.15, -0.1) is 0 Å². The highest BCUT2D eigenvalue weighted by atomic mass is 16.6.